The summed E-state index contributed by atoms with van der Waals surface area (Å²) in [5.74, 6) is 0.966. The number of ether oxygens (including phenoxy) is 1. The molecule has 0 amide bonds. The molecule has 29 heavy (non-hydrogen) atoms. The van der Waals surface area contributed by atoms with Crippen LogP contribution in [0.4, 0.5) is 0 Å². The smallest absolute Gasteiger partial charge is 0.756 e. The zero-order chi connectivity index (χ0) is 20.6. The van der Waals surface area contributed by atoms with E-state index in [9.17, 15) is 0 Å². The molecule has 0 radical (unpaired) electrons. The van der Waals surface area contributed by atoms with Crippen LogP contribution >= 0.6 is 7.82 Å². The first-order chi connectivity index (χ1) is 13.3. The van der Waals surface area contributed by atoms with Crippen molar-refractivity contribution in [2.24, 2.45) is 0 Å². The second-order valence-electron chi connectivity index (χ2n) is 6.50. The van der Waals surface area contributed by atoms with Gasteiger partial charge in [0.1, 0.15) is 5.75 Å². The van der Waals surface area contributed by atoms with Crippen molar-refractivity contribution < 1.29 is 53.5 Å². The second-order valence-corrected chi connectivity index (χ2v) is 7.48. The molecule has 0 aliphatic carbocycles. The summed E-state index contributed by atoms with van der Waals surface area (Å²) in [5, 5.41) is 2.40. The van der Waals surface area contributed by atoms with Gasteiger partial charge in [0.25, 0.3) is 7.82 Å². The fourth-order valence-electron chi connectivity index (χ4n) is 3.00. The molecular weight excluding hydrogens is 400 g/mol. The number of rotatable bonds is 6. The monoisotopic (exact) mass is 425 g/mol. The molecule has 1 atom stereocenters. The SMILES string of the molecule is CN(C)[C@@H](CCOc1cccc2ccccc12)c1ccccc1.O=P([O-])(O)O.[Na+]. The molecule has 0 heterocycles. The number of fused-ring (bicyclic) bond motifs is 1. The number of benzene rings is 3. The van der Waals surface area contributed by atoms with Gasteiger partial charge in [-0.25, -0.2) is 0 Å². The fourth-order valence-corrected chi connectivity index (χ4v) is 3.00. The van der Waals surface area contributed by atoms with Gasteiger partial charge in [-0.2, -0.15) is 0 Å². The van der Waals surface area contributed by atoms with Crippen molar-refractivity contribution in [3.05, 3.63) is 78.4 Å². The van der Waals surface area contributed by atoms with Crippen molar-refractivity contribution in [3.63, 3.8) is 0 Å². The van der Waals surface area contributed by atoms with E-state index < -0.39 is 7.82 Å². The van der Waals surface area contributed by atoms with Crippen LogP contribution in [-0.4, -0.2) is 35.4 Å². The summed E-state index contributed by atoms with van der Waals surface area (Å²) in [7, 11) is -0.648. The van der Waals surface area contributed by atoms with E-state index in [2.05, 4.69) is 91.8 Å². The van der Waals surface area contributed by atoms with Crippen molar-refractivity contribution in [1.29, 1.82) is 0 Å². The topological polar surface area (TPSA) is 93.1 Å². The third-order valence-electron chi connectivity index (χ3n) is 4.21. The van der Waals surface area contributed by atoms with Crippen LogP contribution in [0.15, 0.2) is 72.8 Å². The second kappa shape index (κ2) is 12.5. The molecule has 0 spiro atoms. The maximum Gasteiger partial charge on any atom is 1.00 e. The Bertz CT molecular complexity index is 904. The van der Waals surface area contributed by atoms with Crippen LogP contribution in [0.3, 0.4) is 0 Å². The normalized spacial score (nSPS) is 11.9. The summed E-state index contributed by atoms with van der Waals surface area (Å²) in [6.07, 6.45) is 0.959. The van der Waals surface area contributed by atoms with Crippen molar-refractivity contribution in [1.82, 2.24) is 4.90 Å². The molecule has 0 saturated heterocycles. The van der Waals surface area contributed by atoms with Gasteiger partial charge in [0.05, 0.1) is 6.61 Å². The van der Waals surface area contributed by atoms with Gasteiger partial charge in [-0.1, -0.05) is 66.7 Å². The van der Waals surface area contributed by atoms with Crippen LogP contribution in [0, 0.1) is 0 Å². The van der Waals surface area contributed by atoms with Crippen molar-refractivity contribution >= 4 is 18.6 Å². The summed E-state index contributed by atoms with van der Waals surface area (Å²) in [5.41, 5.74) is 1.33. The zero-order valence-corrected chi connectivity index (χ0v) is 19.8. The molecule has 0 bridgehead atoms. The van der Waals surface area contributed by atoms with Gasteiger partial charge in [-0.3, -0.25) is 4.57 Å². The van der Waals surface area contributed by atoms with Gasteiger partial charge in [0.15, 0.2) is 0 Å². The van der Waals surface area contributed by atoms with Crippen LogP contribution in [-0.2, 0) is 4.57 Å². The predicted molar refractivity (Wildman–Crippen MR) is 109 cm³/mol. The summed E-state index contributed by atoms with van der Waals surface area (Å²) in [6.45, 7) is 0.700. The molecule has 150 valence electrons. The van der Waals surface area contributed by atoms with Gasteiger partial charge in [-0.05, 0) is 31.1 Å². The van der Waals surface area contributed by atoms with Crippen LogP contribution < -0.4 is 39.2 Å². The number of hydrogen-bond donors (Lipinski definition) is 2. The molecule has 3 rings (SSSR count). The van der Waals surface area contributed by atoms with Gasteiger partial charge in [0, 0.05) is 17.8 Å². The summed E-state index contributed by atoms with van der Waals surface area (Å²) < 4.78 is 14.9. The Morgan fingerprint density at radius 1 is 0.966 bits per heavy atom. The van der Waals surface area contributed by atoms with E-state index >= 15 is 0 Å². The van der Waals surface area contributed by atoms with Crippen LogP contribution in [0.1, 0.15) is 18.0 Å². The molecule has 0 fully saturated rings. The minimum absolute atomic E-state index is 0. The Hall–Kier alpha value is -1.21. The molecule has 0 saturated carbocycles. The summed E-state index contributed by atoms with van der Waals surface area (Å²) in [4.78, 5) is 25.2. The maximum atomic E-state index is 8.77. The maximum absolute atomic E-state index is 8.77. The molecular formula is C21H25NNaO5P. The molecule has 0 unspecified atom stereocenters. The van der Waals surface area contributed by atoms with E-state index in [1.54, 1.807) is 0 Å². The first-order valence-electron chi connectivity index (χ1n) is 8.84. The van der Waals surface area contributed by atoms with E-state index in [1.807, 2.05) is 0 Å². The molecule has 3 aromatic carbocycles. The molecule has 0 aromatic heterocycles. The van der Waals surface area contributed by atoms with Crippen LogP contribution in [0.2, 0.25) is 0 Å². The van der Waals surface area contributed by atoms with Crippen molar-refractivity contribution in [3.8, 4) is 5.75 Å². The Kier molecular flexibility index (Phi) is 11.1. The number of hydrogen-bond acceptors (Lipinski definition) is 4. The molecule has 0 aliphatic heterocycles. The third-order valence-corrected chi connectivity index (χ3v) is 4.21. The van der Waals surface area contributed by atoms with E-state index in [1.165, 1.54) is 16.3 Å². The Morgan fingerprint density at radius 3 is 2.14 bits per heavy atom. The van der Waals surface area contributed by atoms with E-state index in [-0.39, 0.29) is 29.6 Å². The van der Waals surface area contributed by atoms with Crippen molar-refractivity contribution in [2.75, 3.05) is 20.7 Å². The van der Waals surface area contributed by atoms with Gasteiger partial charge in [0.2, 0.25) is 0 Å². The molecule has 0 aliphatic rings. The first-order valence-corrected chi connectivity index (χ1v) is 10.4. The van der Waals surface area contributed by atoms with Crippen LogP contribution in [0.25, 0.3) is 10.8 Å². The van der Waals surface area contributed by atoms with Crippen molar-refractivity contribution in [2.45, 2.75) is 12.5 Å². The average Bonchev–Trinajstić information content (AvgIpc) is 2.64. The molecule has 2 N–H and O–H groups in total. The quantitative estimate of drug-likeness (QED) is 0.438. The largest absolute Gasteiger partial charge is 1.00 e. The van der Waals surface area contributed by atoms with E-state index in [0.29, 0.717) is 12.6 Å². The van der Waals surface area contributed by atoms with Gasteiger partial charge < -0.3 is 24.3 Å². The van der Waals surface area contributed by atoms with E-state index in [0.717, 1.165) is 12.2 Å². The number of phosphoric acid groups is 1. The van der Waals surface area contributed by atoms with Gasteiger partial charge >= 0.3 is 29.6 Å². The van der Waals surface area contributed by atoms with E-state index in [4.69, 9.17) is 24.0 Å². The molecule has 3 aromatic rings. The third kappa shape index (κ3) is 9.43. The molecule has 6 nitrogen and oxygen atoms in total. The Labute approximate surface area is 193 Å². The van der Waals surface area contributed by atoms with Crippen LogP contribution in [0.5, 0.6) is 5.75 Å². The minimum Gasteiger partial charge on any atom is -0.756 e. The predicted octanol–water partition coefficient (Wildman–Crippen LogP) is 0.355. The Morgan fingerprint density at radius 2 is 1.52 bits per heavy atom. The molecule has 8 heteroatoms. The fraction of sp³-hybridized carbons (Fsp3) is 0.238. The zero-order valence-electron chi connectivity index (χ0n) is 16.9. The number of nitrogens with zero attached hydrogens (tertiary/aromatic N) is 1. The van der Waals surface area contributed by atoms with Gasteiger partial charge in [-0.15, -0.1) is 0 Å². The Balaban J connectivity index is 0.000000628. The summed E-state index contributed by atoms with van der Waals surface area (Å²) >= 11 is 0. The minimum atomic E-state index is -4.89. The standard InChI is InChI=1S/C21H23NO.Na.H3O4P/c1-22(2)20(18-10-4-3-5-11-18)15-16-23-21-14-8-12-17-9-6-7-13-19(17)21;;1-5(2,3)4/h3-14,20H,15-16H2,1-2H3;;(H3,1,2,3,4)/q;+1;/p-1/t20-;;/m0../s1. The summed E-state index contributed by atoms with van der Waals surface area (Å²) in [6, 6.07) is 25.6. The average molecular weight is 425 g/mol. The first kappa shape index (κ1) is 25.8.